The second-order valence-electron chi connectivity index (χ2n) is 3.76. The predicted octanol–water partition coefficient (Wildman–Crippen LogP) is 3.03. The minimum atomic E-state index is -1.33. The van der Waals surface area contributed by atoms with Gasteiger partial charge in [-0.15, -0.1) is 11.6 Å². The van der Waals surface area contributed by atoms with Crippen molar-refractivity contribution in [3.05, 3.63) is 54.6 Å². The Labute approximate surface area is 119 Å². The van der Waals surface area contributed by atoms with Gasteiger partial charge in [-0.1, -0.05) is 30.3 Å². The van der Waals surface area contributed by atoms with E-state index in [1.54, 1.807) is 36.4 Å². The zero-order valence-electron chi connectivity index (χ0n) is 10.0. The monoisotopic (exact) mass is 293 g/mol. The fourth-order valence-electron chi connectivity index (χ4n) is 1.59. The van der Waals surface area contributed by atoms with Gasteiger partial charge in [-0.25, -0.2) is 4.21 Å². The maximum Gasteiger partial charge on any atom is 0.239 e. The number of hydrogen-bond donors (Lipinski definition) is 1. The van der Waals surface area contributed by atoms with Crippen molar-refractivity contribution in [1.29, 1.82) is 0 Å². The van der Waals surface area contributed by atoms with E-state index in [0.717, 1.165) is 0 Å². The first-order valence-electron chi connectivity index (χ1n) is 5.64. The van der Waals surface area contributed by atoms with Crippen molar-refractivity contribution >= 4 is 34.0 Å². The molecule has 0 aliphatic rings. The molecule has 1 atom stereocenters. The summed E-state index contributed by atoms with van der Waals surface area (Å²) in [7, 11) is -1.33. The lowest BCUT2D eigenvalue weighted by Gasteiger charge is -2.09. The van der Waals surface area contributed by atoms with E-state index in [2.05, 4.69) is 5.32 Å². The fourth-order valence-corrected chi connectivity index (χ4v) is 2.83. The van der Waals surface area contributed by atoms with E-state index < -0.39 is 10.8 Å². The van der Waals surface area contributed by atoms with Crippen LogP contribution in [-0.4, -0.2) is 16.0 Å². The lowest BCUT2D eigenvalue weighted by atomic mass is 10.3. The van der Waals surface area contributed by atoms with Crippen LogP contribution >= 0.6 is 11.6 Å². The van der Waals surface area contributed by atoms with Crippen LogP contribution in [0.15, 0.2) is 64.4 Å². The number of benzene rings is 2. The molecule has 2 rings (SSSR count). The summed E-state index contributed by atoms with van der Waals surface area (Å²) in [5.74, 6) is -0.453. The highest BCUT2D eigenvalue weighted by Gasteiger charge is 2.12. The minimum absolute atomic E-state index is 0.133. The summed E-state index contributed by atoms with van der Waals surface area (Å²) in [5.41, 5.74) is 0.523. The molecule has 2 aromatic rings. The molecule has 0 aliphatic carbocycles. The van der Waals surface area contributed by atoms with Crippen LogP contribution in [0.4, 0.5) is 5.69 Å². The summed E-state index contributed by atoms with van der Waals surface area (Å²) < 4.78 is 12.5. The van der Waals surface area contributed by atoms with E-state index in [9.17, 15) is 9.00 Å². The number of alkyl halides is 1. The molecule has 98 valence electrons. The van der Waals surface area contributed by atoms with Crippen molar-refractivity contribution in [2.45, 2.75) is 9.79 Å². The van der Waals surface area contributed by atoms with E-state index in [0.29, 0.717) is 15.5 Å². The number of para-hydroxylation sites is 1. The standard InChI is InChI=1S/C14H12ClNO2S/c15-10-14(17)16-12-8-4-5-9-13(12)19(18)11-6-2-1-3-7-11/h1-9H,10H2,(H,16,17). The van der Waals surface area contributed by atoms with Gasteiger partial charge < -0.3 is 5.32 Å². The van der Waals surface area contributed by atoms with Crippen molar-refractivity contribution in [1.82, 2.24) is 0 Å². The summed E-state index contributed by atoms with van der Waals surface area (Å²) in [4.78, 5) is 12.6. The molecule has 3 nitrogen and oxygen atoms in total. The van der Waals surface area contributed by atoms with E-state index >= 15 is 0 Å². The molecule has 1 N–H and O–H groups in total. The number of hydrogen-bond acceptors (Lipinski definition) is 2. The lowest BCUT2D eigenvalue weighted by molar-refractivity contribution is -0.113. The molecule has 2 aromatic carbocycles. The maximum absolute atomic E-state index is 12.5. The molecule has 0 radical (unpaired) electrons. The van der Waals surface area contributed by atoms with Gasteiger partial charge in [0.25, 0.3) is 0 Å². The Morgan fingerprint density at radius 2 is 1.68 bits per heavy atom. The predicted molar refractivity (Wildman–Crippen MR) is 76.9 cm³/mol. The van der Waals surface area contributed by atoms with Gasteiger partial charge in [-0.2, -0.15) is 0 Å². The molecule has 0 spiro atoms. The average molecular weight is 294 g/mol. The van der Waals surface area contributed by atoms with Crippen LogP contribution < -0.4 is 5.32 Å². The third-order valence-corrected chi connectivity index (χ3v) is 4.14. The number of anilines is 1. The molecule has 19 heavy (non-hydrogen) atoms. The van der Waals surface area contributed by atoms with Crippen LogP contribution in [-0.2, 0) is 15.6 Å². The molecule has 0 heterocycles. The van der Waals surface area contributed by atoms with E-state index in [4.69, 9.17) is 11.6 Å². The Hall–Kier alpha value is -1.65. The summed E-state index contributed by atoms with van der Waals surface area (Å²) in [6.45, 7) is 0. The molecule has 1 amide bonds. The van der Waals surface area contributed by atoms with Crippen molar-refractivity contribution in [2.24, 2.45) is 0 Å². The lowest BCUT2D eigenvalue weighted by Crippen LogP contribution is -2.14. The molecule has 0 bridgehead atoms. The topological polar surface area (TPSA) is 46.2 Å². The van der Waals surface area contributed by atoms with Gasteiger partial charge in [0.1, 0.15) is 5.88 Å². The first kappa shape index (κ1) is 13.8. The van der Waals surface area contributed by atoms with Crippen LogP contribution in [0.25, 0.3) is 0 Å². The average Bonchev–Trinajstić information content (AvgIpc) is 2.48. The van der Waals surface area contributed by atoms with Crippen molar-refractivity contribution < 1.29 is 9.00 Å². The molecule has 0 fully saturated rings. The highest BCUT2D eigenvalue weighted by molar-refractivity contribution is 7.85. The molecule has 0 aliphatic heterocycles. The number of halogens is 1. The number of rotatable bonds is 4. The Kier molecular flexibility index (Phi) is 4.71. The van der Waals surface area contributed by atoms with Crippen molar-refractivity contribution in [3.8, 4) is 0 Å². The summed E-state index contributed by atoms with van der Waals surface area (Å²) in [6, 6.07) is 16.1. The first-order valence-corrected chi connectivity index (χ1v) is 7.32. The van der Waals surface area contributed by atoms with Crippen LogP contribution in [0.1, 0.15) is 0 Å². The zero-order chi connectivity index (χ0) is 13.7. The second-order valence-corrected chi connectivity index (χ2v) is 5.48. The van der Waals surface area contributed by atoms with Gasteiger partial charge in [0, 0.05) is 4.90 Å². The van der Waals surface area contributed by atoms with Crippen molar-refractivity contribution in [3.63, 3.8) is 0 Å². The van der Waals surface area contributed by atoms with Gasteiger partial charge in [-0.3, -0.25) is 4.79 Å². The summed E-state index contributed by atoms with van der Waals surface area (Å²) in [5, 5.41) is 2.65. The Bertz CT molecular complexity index is 601. The summed E-state index contributed by atoms with van der Waals surface area (Å²) in [6.07, 6.45) is 0. The Morgan fingerprint density at radius 3 is 2.37 bits per heavy atom. The van der Waals surface area contributed by atoms with E-state index in [1.807, 2.05) is 18.2 Å². The van der Waals surface area contributed by atoms with Gasteiger partial charge >= 0.3 is 0 Å². The van der Waals surface area contributed by atoms with Crippen LogP contribution in [0.3, 0.4) is 0 Å². The summed E-state index contributed by atoms with van der Waals surface area (Å²) >= 11 is 5.46. The fraction of sp³-hybridized carbons (Fsp3) is 0.0714. The molecular formula is C14H12ClNO2S. The number of nitrogens with one attached hydrogen (secondary N) is 1. The molecule has 0 saturated carbocycles. The largest absolute Gasteiger partial charge is 0.324 e. The Balaban J connectivity index is 2.35. The van der Waals surface area contributed by atoms with Gasteiger partial charge in [0.15, 0.2) is 0 Å². The quantitative estimate of drug-likeness (QED) is 0.881. The number of carbonyl (C=O) groups excluding carboxylic acids is 1. The smallest absolute Gasteiger partial charge is 0.239 e. The normalized spacial score (nSPS) is 11.8. The minimum Gasteiger partial charge on any atom is -0.324 e. The van der Waals surface area contributed by atoms with Crippen LogP contribution in [0.5, 0.6) is 0 Å². The second kappa shape index (κ2) is 6.50. The maximum atomic E-state index is 12.5. The molecular weight excluding hydrogens is 282 g/mol. The van der Waals surface area contributed by atoms with Gasteiger partial charge in [0.2, 0.25) is 5.91 Å². The number of carbonyl (C=O) groups is 1. The highest BCUT2D eigenvalue weighted by atomic mass is 35.5. The first-order chi connectivity index (χ1) is 9.22. The molecule has 0 aromatic heterocycles. The third-order valence-electron chi connectivity index (χ3n) is 2.44. The third kappa shape index (κ3) is 3.43. The van der Waals surface area contributed by atoms with Gasteiger partial charge in [-0.05, 0) is 24.3 Å². The zero-order valence-corrected chi connectivity index (χ0v) is 11.6. The molecule has 1 unspecified atom stereocenters. The van der Waals surface area contributed by atoms with E-state index in [1.165, 1.54) is 0 Å². The molecule has 0 saturated heterocycles. The van der Waals surface area contributed by atoms with E-state index in [-0.39, 0.29) is 11.8 Å². The van der Waals surface area contributed by atoms with Gasteiger partial charge in [0.05, 0.1) is 21.4 Å². The van der Waals surface area contributed by atoms with Crippen LogP contribution in [0.2, 0.25) is 0 Å². The molecule has 5 heteroatoms. The van der Waals surface area contributed by atoms with Crippen LogP contribution in [0, 0.1) is 0 Å². The highest BCUT2D eigenvalue weighted by Crippen LogP contribution is 2.24. The van der Waals surface area contributed by atoms with Crippen molar-refractivity contribution in [2.75, 3.05) is 11.2 Å². The Morgan fingerprint density at radius 1 is 1.05 bits per heavy atom. The SMILES string of the molecule is O=C(CCl)Nc1ccccc1S(=O)c1ccccc1. The number of amides is 1.